The van der Waals surface area contributed by atoms with Crippen LogP contribution in [0.5, 0.6) is 11.5 Å². The summed E-state index contributed by atoms with van der Waals surface area (Å²) in [5, 5.41) is 6.20. The van der Waals surface area contributed by atoms with Crippen molar-refractivity contribution in [2.75, 3.05) is 20.3 Å². The van der Waals surface area contributed by atoms with Crippen LogP contribution in [0.1, 0.15) is 5.56 Å². The van der Waals surface area contributed by atoms with Gasteiger partial charge in [0.15, 0.2) is 17.5 Å². The molecule has 0 spiro atoms. The Hall–Kier alpha value is -2.76. The molecule has 0 amide bonds. The van der Waals surface area contributed by atoms with Gasteiger partial charge in [-0.3, -0.25) is 0 Å². The summed E-state index contributed by atoms with van der Waals surface area (Å²) >= 11 is 0. The van der Waals surface area contributed by atoms with Crippen molar-refractivity contribution in [1.82, 2.24) is 10.6 Å². The summed E-state index contributed by atoms with van der Waals surface area (Å²) in [6, 6.07) is 12.4. The summed E-state index contributed by atoms with van der Waals surface area (Å²) in [5.41, 5.74) is 1.24. The molecule has 0 radical (unpaired) electrons. The molecule has 2 aromatic carbocycles. The fraction of sp³-hybridized carbons (Fsp3) is 0.235. The van der Waals surface area contributed by atoms with Crippen molar-refractivity contribution in [2.45, 2.75) is 6.54 Å². The maximum absolute atomic E-state index is 13.6. The summed E-state index contributed by atoms with van der Waals surface area (Å²) in [4.78, 5) is 4.36. The Morgan fingerprint density at radius 3 is 2.83 bits per heavy atom. The van der Waals surface area contributed by atoms with Crippen LogP contribution in [0.25, 0.3) is 0 Å². The Bertz CT molecular complexity index is 719. The maximum Gasteiger partial charge on any atom is 0.196 e. The van der Waals surface area contributed by atoms with E-state index in [1.165, 1.54) is 6.07 Å². The van der Waals surface area contributed by atoms with Gasteiger partial charge in [-0.2, -0.15) is 0 Å². The monoisotopic (exact) mass is 315 g/mol. The molecule has 0 aromatic heterocycles. The van der Waals surface area contributed by atoms with E-state index in [0.29, 0.717) is 48.4 Å². The second kappa shape index (κ2) is 7.00. The van der Waals surface area contributed by atoms with Gasteiger partial charge < -0.3 is 20.1 Å². The number of halogens is 1. The zero-order chi connectivity index (χ0) is 16.1. The quantitative estimate of drug-likeness (QED) is 0.833. The molecule has 5 nitrogen and oxygen atoms in total. The van der Waals surface area contributed by atoms with Crippen LogP contribution >= 0.6 is 0 Å². The summed E-state index contributed by atoms with van der Waals surface area (Å²) in [5.74, 6) is 1.77. The Kier molecular flexibility index (Phi) is 4.61. The van der Waals surface area contributed by atoms with Crippen molar-refractivity contribution in [3.05, 3.63) is 53.8 Å². The van der Waals surface area contributed by atoms with E-state index in [0.717, 1.165) is 0 Å². The van der Waals surface area contributed by atoms with E-state index in [4.69, 9.17) is 9.47 Å². The molecule has 23 heavy (non-hydrogen) atoms. The number of rotatable bonds is 5. The summed E-state index contributed by atoms with van der Waals surface area (Å²) in [6.45, 7) is 1.44. The van der Waals surface area contributed by atoms with Gasteiger partial charge in [-0.05, 0) is 24.3 Å². The van der Waals surface area contributed by atoms with Gasteiger partial charge in [-0.1, -0.05) is 18.2 Å². The van der Waals surface area contributed by atoms with Gasteiger partial charge in [0.2, 0.25) is 0 Å². The first-order chi connectivity index (χ1) is 11.3. The van der Waals surface area contributed by atoms with E-state index in [2.05, 4.69) is 15.6 Å². The van der Waals surface area contributed by atoms with Crippen LogP contribution in [0.3, 0.4) is 0 Å². The molecule has 1 aliphatic rings. The van der Waals surface area contributed by atoms with Gasteiger partial charge in [-0.25, -0.2) is 9.38 Å². The van der Waals surface area contributed by atoms with E-state index < -0.39 is 0 Å². The molecule has 0 aliphatic carbocycles. The molecule has 0 bridgehead atoms. The van der Waals surface area contributed by atoms with E-state index in [-0.39, 0.29) is 5.82 Å². The second-order valence-corrected chi connectivity index (χ2v) is 4.98. The zero-order valence-electron chi connectivity index (χ0n) is 12.8. The van der Waals surface area contributed by atoms with Crippen molar-refractivity contribution >= 4 is 11.6 Å². The van der Waals surface area contributed by atoms with Gasteiger partial charge in [0, 0.05) is 12.1 Å². The molecular weight excluding hydrogens is 297 g/mol. The standard InChI is InChI=1S/C17H18FN3O2/c1-22-15-7-2-3-8-16(15)23-10-9-19-17-20-11-12-13(18)5-4-6-14(12)21-17/h2-8H,9-11H2,1H3,(H2,19,20,21). The van der Waals surface area contributed by atoms with Crippen LogP contribution in [0, 0.1) is 5.82 Å². The largest absolute Gasteiger partial charge is 0.493 e. The normalized spacial score (nSPS) is 12.7. The predicted molar refractivity (Wildman–Crippen MR) is 86.8 cm³/mol. The average molecular weight is 315 g/mol. The summed E-state index contributed by atoms with van der Waals surface area (Å²) in [6.07, 6.45) is 0. The van der Waals surface area contributed by atoms with Crippen molar-refractivity contribution in [2.24, 2.45) is 4.99 Å². The van der Waals surface area contributed by atoms with Crippen LogP contribution in [0.15, 0.2) is 47.5 Å². The lowest BCUT2D eigenvalue weighted by Gasteiger charge is -2.19. The zero-order valence-corrected chi connectivity index (χ0v) is 12.8. The molecule has 0 saturated heterocycles. The smallest absolute Gasteiger partial charge is 0.196 e. The highest BCUT2D eigenvalue weighted by atomic mass is 19.1. The summed E-state index contributed by atoms with van der Waals surface area (Å²) in [7, 11) is 1.61. The number of guanidine groups is 1. The second-order valence-electron chi connectivity index (χ2n) is 4.98. The van der Waals surface area contributed by atoms with Crippen molar-refractivity contribution in [3.63, 3.8) is 0 Å². The Balaban J connectivity index is 1.54. The lowest BCUT2D eigenvalue weighted by Crippen LogP contribution is -2.40. The highest BCUT2D eigenvalue weighted by Crippen LogP contribution is 2.26. The Labute approximate surface area is 134 Å². The fourth-order valence-electron chi connectivity index (χ4n) is 2.33. The first kappa shape index (κ1) is 15.1. The van der Waals surface area contributed by atoms with Gasteiger partial charge in [0.05, 0.1) is 19.3 Å². The van der Waals surface area contributed by atoms with Gasteiger partial charge >= 0.3 is 0 Å². The molecule has 0 fully saturated rings. The number of nitrogens with one attached hydrogen (secondary N) is 2. The van der Waals surface area contributed by atoms with E-state index in [9.17, 15) is 4.39 Å². The fourth-order valence-corrected chi connectivity index (χ4v) is 2.33. The molecule has 3 rings (SSSR count). The van der Waals surface area contributed by atoms with Crippen LogP contribution in [-0.4, -0.2) is 26.2 Å². The number of hydrogen-bond donors (Lipinski definition) is 2. The van der Waals surface area contributed by atoms with Crippen molar-refractivity contribution in [3.8, 4) is 11.5 Å². The SMILES string of the molecule is COc1ccccc1OCCNC1=Nc2cccc(F)c2CN1. The van der Waals surface area contributed by atoms with Crippen LogP contribution < -0.4 is 20.1 Å². The average Bonchev–Trinajstić information content (AvgIpc) is 2.59. The molecule has 0 saturated carbocycles. The highest BCUT2D eigenvalue weighted by molar-refractivity contribution is 5.84. The first-order valence-corrected chi connectivity index (χ1v) is 7.37. The molecule has 2 aromatic rings. The molecular formula is C17H18FN3O2. The number of aliphatic imine (C=N–C) groups is 1. The topological polar surface area (TPSA) is 54.9 Å². The lowest BCUT2D eigenvalue weighted by molar-refractivity contribution is 0.298. The third-order valence-corrected chi connectivity index (χ3v) is 3.48. The van der Waals surface area contributed by atoms with Crippen LogP contribution in [0.2, 0.25) is 0 Å². The van der Waals surface area contributed by atoms with Crippen LogP contribution in [-0.2, 0) is 6.54 Å². The number of methoxy groups -OCH3 is 1. The van der Waals surface area contributed by atoms with Gasteiger partial charge in [0.1, 0.15) is 12.4 Å². The molecule has 2 N–H and O–H groups in total. The third kappa shape index (κ3) is 3.53. The van der Waals surface area contributed by atoms with E-state index in [1.807, 2.05) is 24.3 Å². The minimum Gasteiger partial charge on any atom is -0.493 e. The minimum atomic E-state index is -0.239. The van der Waals surface area contributed by atoms with Crippen molar-refractivity contribution < 1.29 is 13.9 Å². The number of benzene rings is 2. The molecule has 0 atom stereocenters. The number of para-hydroxylation sites is 2. The highest BCUT2D eigenvalue weighted by Gasteiger charge is 2.14. The predicted octanol–water partition coefficient (Wildman–Crippen LogP) is 2.59. The van der Waals surface area contributed by atoms with Crippen LogP contribution in [0.4, 0.5) is 10.1 Å². The van der Waals surface area contributed by atoms with E-state index in [1.54, 1.807) is 19.2 Å². The van der Waals surface area contributed by atoms with Gasteiger partial charge in [-0.15, -0.1) is 0 Å². The van der Waals surface area contributed by atoms with E-state index >= 15 is 0 Å². The van der Waals surface area contributed by atoms with Crippen molar-refractivity contribution in [1.29, 1.82) is 0 Å². The third-order valence-electron chi connectivity index (χ3n) is 3.48. The Morgan fingerprint density at radius 1 is 1.17 bits per heavy atom. The lowest BCUT2D eigenvalue weighted by atomic mass is 10.1. The number of nitrogens with zero attached hydrogens (tertiary/aromatic N) is 1. The molecule has 1 aliphatic heterocycles. The van der Waals surface area contributed by atoms with Gasteiger partial charge in [0.25, 0.3) is 0 Å². The summed E-state index contributed by atoms with van der Waals surface area (Å²) < 4.78 is 24.5. The molecule has 6 heteroatoms. The molecule has 120 valence electrons. The number of hydrogen-bond acceptors (Lipinski definition) is 5. The first-order valence-electron chi connectivity index (χ1n) is 7.37. The number of fused-ring (bicyclic) bond motifs is 1. The molecule has 1 heterocycles. The minimum absolute atomic E-state index is 0.239. The molecule has 0 unspecified atom stereocenters. The maximum atomic E-state index is 13.6. The Morgan fingerprint density at radius 2 is 2.00 bits per heavy atom. The number of ether oxygens (including phenoxy) is 2.